The normalized spacial score (nSPS) is 10.9. The summed E-state index contributed by atoms with van der Waals surface area (Å²) in [5, 5.41) is 11.4. The van der Waals surface area contributed by atoms with Gasteiger partial charge in [0.05, 0.1) is 12.7 Å². The van der Waals surface area contributed by atoms with E-state index >= 15 is 0 Å². The second kappa shape index (κ2) is 7.24. The monoisotopic (exact) mass is 371 g/mol. The Labute approximate surface area is 163 Å². The number of benzene rings is 3. The predicted molar refractivity (Wildman–Crippen MR) is 112 cm³/mol. The summed E-state index contributed by atoms with van der Waals surface area (Å²) in [4.78, 5) is 14.5. The third kappa shape index (κ3) is 3.14. The zero-order valence-electron chi connectivity index (χ0n) is 15.8. The molecule has 0 saturated heterocycles. The summed E-state index contributed by atoms with van der Waals surface area (Å²) in [6, 6.07) is 21.5. The molecule has 0 unspecified atom stereocenters. The van der Waals surface area contributed by atoms with Crippen molar-refractivity contribution in [1.29, 1.82) is 0 Å². The molecule has 0 saturated carbocycles. The highest BCUT2D eigenvalue weighted by Gasteiger charge is 2.10. The lowest BCUT2D eigenvalue weighted by Gasteiger charge is -2.11. The number of carboxylic acids is 1. The van der Waals surface area contributed by atoms with E-state index in [1.165, 1.54) is 16.3 Å². The Morgan fingerprint density at radius 2 is 1.57 bits per heavy atom. The van der Waals surface area contributed by atoms with Crippen molar-refractivity contribution in [3.8, 4) is 28.3 Å². The number of methoxy groups -OCH3 is 1. The minimum Gasteiger partial charge on any atom is -0.496 e. The molecule has 2 N–H and O–H groups in total. The molecule has 0 aliphatic carbocycles. The number of hydrogen-bond donors (Lipinski definition) is 2. The fourth-order valence-corrected chi connectivity index (χ4v) is 3.61. The summed E-state index contributed by atoms with van der Waals surface area (Å²) in [7, 11) is 1.71. The van der Waals surface area contributed by atoms with Crippen LogP contribution >= 0.6 is 0 Å². The molecule has 0 atom stereocenters. The lowest BCUT2D eigenvalue weighted by atomic mass is 9.98. The number of ether oxygens (including phenoxy) is 1. The molecule has 1 aromatic heterocycles. The Morgan fingerprint density at radius 1 is 0.929 bits per heavy atom. The average Bonchev–Trinajstić information content (AvgIpc) is 3.22. The van der Waals surface area contributed by atoms with Crippen LogP contribution < -0.4 is 4.74 Å². The minimum absolute atomic E-state index is 0.283. The summed E-state index contributed by atoms with van der Waals surface area (Å²) < 4.78 is 5.53. The van der Waals surface area contributed by atoms with Gasteiger partial charge in [0, 0.05) is 17.0 Å². The molecule has 4 heteroatoms. The molecular weight excluding hydrogens is 350 g/mol. The Morgan fingerprint density at radius 3 is 2.21 bits per heavy atom. The van der Waals surface area contributed by atoms with Crippen LogP contribution in [0.4, 0.5) is 0 Å². The van der Waals surface area contributed by atoms with Crippen molar-refractivity contribution in [3.05, 3.63) is 77.9 Å². The largest absolute Gasteiger partial charge is 0.496 e. The van der Waals surface area contributed by atoms with Gasteiger partial charge in [-0.15, -0.1) is 0 Å². The van der Waals surface area contributed by atoms with E-state index in [0.29, 0.717) is 0 Å². The van der Waals surface area contributed by atoms with Crippen molar-refractivity contribution in [3.63, 3.8) is 0 Å². The first-order chi connectivity index (χ1) is 13.6. The van der Waals surface area contributed by atoms with Crippen molar-refractivity contribution >= 4 is 16.7 Å². The van der Waals surface area contributed by atoms with Gasteiger partial charge in [0.15, 0.2) is 0 Å². The van der Waals surface area contributed by atoms with Crippen LogP contribution in [0.25, 0.3) is 33.3 Å². The SMILES string of the molecule is CCc1c(OC)ccc2ccc(-c3ccc(-c4ccc(C(=O)O)cc4)[nH]3)cc12. The van der Waals surface area contributed by atoms with Gasteiger partial charge in [-0.2, -0.15) is 0 Å². The number of carboxylic acid groups (broad SMARTS) is 1. The Balaban J connectivity index is 1.73. The molecule has 0 aliphatic rings. The molecule has 4 rings (SSSR count). The summed E-state index contributed by atoms with van der Waals surface area (Å²) in [5.74, 6) is -0.00473. The van der Waals surface area contributed by atoms with Gasteiger partial charge in [-0.1, -0.05) is 37.3 Å². The highest BCUT2D eigenvalue weighted by Crippen LogP contribution is 2.32. The number of aromatic amines is 1. The lowest BCUT2D eigenvalue weighted by Crippen LogP contribution is -1.95. The van der Waals surface area contributed by atoms with E-state index in [-0.39, 0.29) is 5.56 Å². The van der Waals surface area contributed by atoms with E-state index in [2.05, 4.69) is 36.2 Å². The van der Waals surface area contributed by atoms with Crippen molar-refractivity contribution in [2.24, 2.45) is 0 Å². The zero-order chi connectivity index (χ0) is 19.7. The first kappa shape index (κ1) is 17.9. The van der Waals surface area contributed by atoms with Crippen molar-refractivity contribution < 1.29 is 14.6 Å². The summed E-state index contributed by atoms with van der Waals surface area (Å²) in [6.07, 6.45) is 0.899. The van der Waals surface area contributed by atoms with E-state index in [0.717, 1.165) is 34.7 Å². The molecule has 0 bridgehead atoms. The van der Waals surface area contributed by atoms with Crippen LogP contribution in [0.3, 0.4) is 0 Å². The minimum atomic E-state index is -0.919. The average molecular weight is 371 g/mol. The predicted octanol–water partition coefficient (Wildman–Crippen LogP) is 5.77. The summed E-state index contributed by atoms with van der Waals surface area (Å²) in [6.45, 7) is 2.14. The second-order valence-corrected chi connectivity index (χ2v) is 6.70. The van der Waals surface area contributed by atoms with E-state index in [1.807, 2.05) is 30.3 Å². The van der Waals surface area contributed by atoms with Crippen LogP contribution in [0, 0.1) is 0 Å². The van der Waals surface area contributed by atoms with Gasteiger partial charge in [-0.05, 0) is 64.7 Å². The van der Waals surface area contributed by atoms with Crippen LogP contribution in [0.5, 0.6) is 5.75 Å². The Hall–Kier alpha value is -3.53. The van der Waals surface area contributed by atoms with Crippen LogP contribution in [0.1, 0.15) is 22.8 Å². The second-order valence-electron chi connectivity index (χ2n) is 6.70. The molecule has 4 aromatic rings. The van der Waals surface area contributed by atoms with Gasteiger partial charge < -0.3 is 14.8 Å². The number of aromatic carboxylic acids is 1. The Bertz CT molecular complexity index is 1160. The zero-order valence-corrected chi connectivity index (χ0v) is 15.8. The van der Waals surface area contributed by atoms with E-state index in [4.69, 9.17) is 9.84 Å². The Kier molecular flexibility index (Phi) is 4.62. The molecule has 4 nitrogen and oxygen atoms in total. The highest BCUT2D eigenvalue weighted by atomic mass is 16.5. The molecule has 0 radical (unpaired) electrons. The van der Waals surface area contributed by atoms with Gasteiger partial charge in [0.1, 0.15) is 5.75 Å². The maximum Gasteiger partial charge on any atom is 0.335 e. The van der Waals surface area contributed by atoms with Crippen molar-refractivity contribution in [1.82, 2.24) is 4.98 Å². The van der Waals surface area contributed by atoms with Gasteiger partial charge in [-0.3, -0.25) is 0 Å². The van der Waals surface area contributed by atoms with Crippen LogP contribution in [-0.4, -0.2) is 23.2 Å². The molecular formula is C24H21NO3. The maximum absolute atomic E-state index is 11.0. The first-order valence-corrected chi connectivity index (χ1v) is 9.23. The fraction of sp³-hybridized carbons (Fsp3) is 0.125. The number of rotatable bonds is 5. The molecule has 3 aromatic carbocycles. The number of aryl methyl sites for hydroxylation is 1. The van der Waals surface area contributed by atoms with Crippen LogP contribution in [0.2, 0.25) is 0 Å². The summed E-state index contributed by atoms with van der Waals surface area (Å²) in [5.41, 5.74) is 5.51. The van der Waals surface area contributed by atoms with Gasteiger partial charge in [-0.25, -0.2) is 4.79 Å². The lowest BCUT2D eigenvalue weighted by molar-refractivity contribution is 0.0697. The van der Waals surface area contributed by atoms with Crippen molar-refractivity contribution in [2.45, 2.75) is 13.3 Å². The number of carbonyl (C=O) groups is 1. The van der Waals surface area contributed by atoms with E-state index in [1.54, 1.807) is 19.2 Å². The number of fused-ring (bicyclic) bond motifs is 1. The molecule has 1 heterocycles. The summed E-state index contributed by atoms with van der Waals surface area (Å²) >= 11 is 0. The van der Waals surface area contributed by atoms with Crippen LogP contribution in [0.15, 0.2) is 66.7 Å². The molecule has 0 spiro atoms. The highest BCUT2D eigenvalue weighted by molar-refractivity contribution is 5.91. The molecule has 0 amide bonds. The van der Waals surface area contributed by atoms with Crippen molar-refractivity contribution in [2.75, 3.05) is 7.11 Å². The quantitative estimate of drug-likeness (QED) is 0.468. The van der Waals surface area contributed by atoms with E-state index < -0.39 is 5.97 Å². The van der Waals surface area contributed by atoms with E-state index in [9.17, 15) is 4.79 Å². The number of H-pyrrole nitrogens is 1. The topological polar surface area (TPSA) is 62.3 Å². The van der Waals surface area contributed by atoms with Gasteiger partial charge in [0.2, 0.25) is 0 Å². The molecule has 140 valence electrons. The van der Waals surface area contributed by atoms with Crippen LogP contribution in [-0.2, 0) is 6.42 Å². The number of aromatic nitrogens is 1. The van der Waals surface area contributed by atoms with Gasteiger partial charge in [0.25, 0.3) is 0 Å². The maximum atomic E-state index is 11.0. The number of hydrogen-bond acceptors (Lipinski definition) is 2. The standard InChI is InChI=1S/C24H21NO3/c1-3-19-20-14-18(9-4-15(20)10-13-23(19)28-2)22-12-11-21(25-22)16-5-7-17(8-6-16)24(26)27/h4-14,25H,3H2,1-2H3,(H,26,27). The molecule has 0 aliphatic heterocycles. The first-order valence-electron chi connectivity index (χ1n) is 9.23. The fourth-order valence-electron chi connectivity index (χ4n) is 3.61. The molecule has 28 heavy (non-hydrogen) atoms. The third-order valence-corrected chi connectivity index (χ3v) is 5.10. The van der Waals surface area contributed by atoms with Gasteiger partial charge >= 0.3 is 5.97 Å². The molecule has 0 fully saturated rings. The number of nitrogens with one attached hydrogen (secondary N) is 1. The smallest absolute Gasteiger partial charge is 0.335 e. The third-order valence-electron chi connectivity index (χ3n) is 5.10.